The third kappa shape index (κ3) is 2.95. The second-order valence-corrected chi connectivity index (χ2v) is 7.16. The van der Waals surface area contributed by atoms with E-state index in [1.165, 1.54) is 29.7 Å². The SMILES string of the molecule is CCn1cc(CN[C@H]2CCCc3c2cnn3C(C)(C)C)cn1. The van der Waals surface area contributed by atoms with Crippen LogP contribution in [0, 0.1) is 0 Å². The first-order valence-electron chi connectivity index (χ1n) is 8.31. The summed E-state index contributed by atoms with van der Waals surface area (Å²) in [6.07, 6.45) is 9.69. The molecule has 2 aromatic rings. The molecule has 0 bridgehead atoms. The van der Waals surface area contributed by atoms with Gasteiger partial charge in [0.25, 0.3) is 0 Å². The molecule has 5 heteroatoms. The topological polar surface area (TPSA) is 47.7 Å². The summed E-state index contributed by atoms with van der Waals surface area (Å²) < 4.78 is 4.17. The van der Waals surface area contributed by atoms with Crippen molar-refractivity contribution in [2.45, 2.75) is 71.6 Å². The van der Waals surface area contributed by atoms with Crippen molar-refractivity contribution in [3.63, 3.8) is 0 Å². The van der Waals surface area contributed by atoms with Crippen LogP contribution in [0.4, 0.5) is 0 Å². The second-order valence-electron chi connectivity index (χ2n) is 7.16. The molecule has 0 saturated carbocycles. The van der Waals surface area contributed by atoms with Crippen LogP contribution in [0.3, 0.4) is 0 Å². The van der Waals surface area contributed by atoms with Crippen LogP contribution in [-0.2, 0) is 25.0 Å². The smallest absolute Gasteiger partial charge is 0.0546 e. The van der Waals surface area contributed by atoms with Crippen LogP contribution in [-0.4, -0.2) is 19.6 Å². The van der Waals surface area contributed by atoms with Crippen LogP contribution in [0.1, 0.15) is 63.4 Å². The molecule has 2 heterocycles. The first kappa shape index (κ1) is 15.3. The molecule has 1 aliphatic carbocycles. The van der Waals surface area contributed by atoms with Crippen molar-refractivity contribution in [1.82, 2.24) is 24.9 Å². The largest absolute Gasteiger partial charge is 0.306 e. The van der Waals surface area contributed by atoms with Crippen molar-refractivity contribution in [2.75, 3.05) is 0 Å². The van der Waals surface area contributed by atoms with Gasteiger partial charge in [-0.15, -0.1) is 0 Å². The van der Waals surface area contributed by atoms with Crippen LogP contribution >= 0.6 is 0 Å². The van der Waals surface area contributed by atoms with Crippen molar-refractivity contribution >= 4 is 0 Å². The van der Waals surface area contributed by atoms with Gasteiger partial charge in [-0.1, -0.05) is 0 Å². The summed E-state index contributed by atoms with van der Waals surface area (Å²) >= 11 is 0. The van der Waals surface area contributed by atoms with Gasteiger partial charge in [0.1, 0.15) is 0 Å². The molecule has 0 fully saturated rings. The zero-order chi connectivity index (χ0) is 15.7. The van der Waals surface area contributed by atoms with Gasteiger partial charge in [-0.3, -0.25) is 9.36 Å². The van der Waals surface area contributed by atoms with Crippen LogP contribution in [0.15, 0.2) is 18.6 Å². The average Bonchev–Trinajstić information content (AvgIpc) is 3.11. The van der Waals surface area contributed by atoms with Crippen LogP contribution in [0.25, 0.3) is 0 Å². The number of rotatable bonds is 4. The molecular weight excluding hydrogens is 274 g/mol. The minimum atomic E-state index is 0.0533. The maximum absolute atomic E-state index is 4.65. The minimum absolute atomic E-state index is 0.0533. The molecule has 120 valence electrons. The quantitative estimate of drug-likeness (QED) is 0.944. The first-order valence-corrected chi connectivity index (χ1v) is 8.31. The third-order valence-corrected chi connectivity index (χ3v) is 4.38. The molecule has 3 rings (SSSR count). The molecule has 5 nitrogen and oxygen atoms in total. The molecule has 1 aliphatic rings. The Morgan fingerprint density at radius 3 is 2.77 bits per heavy atom. The van der Waals surface area contributed by atoms with E-state index in [1.807, 2.05) is 10.9 Å². The van der Waals surface area contributed by atoms with E-state index in [-0.39, 0.29) is 5.54 Å². The molecule has 0 aliphatic heterocycles. The highest BCUT2D eigenvalue weighted by molar-refractivity contribution is 5.26. The number of aryl methyl sites for hydroxylation is 1. The number of nitrogens with one attached hydrogen (secondary N) is 1. The lowest BCUT2D eigenvalue weighted by Crippen LogP contribution is -2.29. The standard InChI is InChI=1S/C17H27N5/c1-5-21-12-13(10-19-21)9-18-15-7-6-8-16-14(15)11-20-22(16)17(2,3)4/h10-12,15,18H,5-9H2,1-4H3/t15-/m0/s1. The van der Waals surface area contributed by atoms with E-state index < -0.39 is 0 Å². The Bertz CT molecular complexity index is 632. The van der Waals surface area contributed by atoms with Gasteiger partial charge in [0.15, 0.2) is 0 Å². The summed E-state index contributed by atoms with van der Waals surface area (Å²) in [7, 11) is 0. The Morgan fingerprint density at radius 1 is 1.27 bits per heavy atom. The van der Waals surface area contributed by atoms with Gasteiger partial charge in [-0.2, -0.15) is 10.2 Å². The number of fused-ring (bicyclic) bond motifs is 1. The van der Waals surface area contributed by atoms with Crippen molar-refractivity contribution in [3.8, 4) is 0 Å². The lowest BCUT2D eigenvalue weighted by atomic mass is 9.92. The molecule has 0 unspecified atom stereocenters. The van der Waals surface area contributed by atoms with Crippen molar-refractivity contribution in [1.29, 1.82) is 0 Å². The van der Waals surface area contributed by atoms with Crippen LogP contribution in [0.5, 0.6) is 0 Å². The molecule has 0 radical (unpaired) electrons. The number of nitrogens with zero attached hydrogens (tertiary/aromatic N) is 4. The fraction of sp³-hybridized carbons (Fsp3) is 0.647. The summed E-state index contributed by atoms with van der Waals surface area (Å²) in [6, 6.07) is 0.407. The lowest BCUT2D eigenvalue weighted by molar-refractivity contribution is 0.334. The maximum Gasteiger partial charge on any atom is 0.0546 e. The predicted octanol–water partition coefficient (Wildman–Crippen LogP) is 3.02. The number of hydrogen-bond donors (Lipinski definition) is 1. The highest BCUT2D eigenvalue weighted by Crippen LogP contribution is 2.32. The Morgan fingerprint density at radius 2 is 2.09 bits per heavy atom. The van der Waals surface area contributed by atoms with Crippen LogP contribution in [0.2, 0.25) is 0 Å². The molecule has 0 aromatic carbocycles. The van der Waals surface area contributed by atoms with E-state index in [2.05, 4.69) is 60.3 Å². The van der Waals surface area contributed by atoms with Gasteiger partial charge in [-0.25, -0.2) is 0 Å². The van der Waals surface area contributed by atoms with Gasteiger partial charge in [-0.05, 0) is 47.0 Å². The summed E-state index contributed by atoms with van der Waals surface area (Å²) in [5.74, 6) is 0. The summed E-state index contributed by atoms with van der Waals surface area (Å²) in [4.78, 5) is 0. The lowest BCUT2D eigenvalue weighted by Gasteiger charge is -2.28. The first-order chi connectivity index (χ1) is 10.5. The van der Waals surface area contributed by atoms with Gasteiger partial charge >= 0.3 is 0 Å². The molecule has 0 spiro atoms. The predicted molar refractivity (Wildman–Crippen MR) is 87.6 cm³/mol. The normalized spacial score (nSPS) is 18.5. The van der Waals surface area contributed by atoms with E-state index in [0.717, 1.165) is 19.5 Å². The Balaban J connectivity index is 1.73. The molecule has 22 heavy (non-hydrogen) atoms. The molecule has 0 saturated heterocycles. The third-order valence-electron chi connectivity index (χ3n) is 4.38. The average molecular weight is 301 g/mol. The van der Waals surface area contributed by atoms with Crippen molar-refractivity contribution in [3.05, 3.63) is 35.4 Å². The van der Waals surface area contributed by atoms with E-state index in [4.69, 9.17) is 0 Å². The maximum atomic E-state index is 4.65. The highest BCUT2D eigenvalue weighted by atomic mass is 15.3. The van der Waals surface area contributed by atoms with Crippen molar-refractivity contribution < 1.29 is 0 Å². The number of aromatic nitrogens is 4. The minimum Gasteiger partial charge on any atom is -0.306 e. The summed E-state index contributed by atoms with van der Waals surface area (Å²) in [5.41, 5.74) is 4.08. The molecule has 1 N–H and O–H groups in total. The molecule has 1 atom stereocenters. The summed E-state index contributed by atoms with van der Waals surface area (Å²) in [5, 5.41) is 12.7. The second kappa shape index (κ2) is 5.88. The van der Waals surface area contributed by atoms with E-state index in [0.29, 0.717) is 6.04 Å². The van der Waals surface area contributed by atoms with Crippen LogP contribution < -0.4 is 5.32 Å². The summed E-state index contributed by atoms with van der Waals surface area (Å²) in [6.45, 7) is 10.6. The van der Waals surface area contributed by atoms with Gasteiger partial charge < -0.3 is 5.32 Å². The zero-order valence-corrected chi connectivity index (χ0v) is 14.1. The van der Waals surface area contributed by atoms with Gasteiger partial charge in [0.05, 0.1) is 17.9 Å². The fourth-order valence-electron chi connectivity index (χ4n) is 3.26. The monoisotopic (exact) mass is 301 g/mol. The van der Waals surface area contributed by atoms with E-state index >= 15 is 0 Å². The fourth-order valence-corrected chi connectivity index (χ4v) is 3.26. The zero-order valence-electron chi connectivity index (χ0n) is 14.1. The van der Waals surface area contributed by atoms with Gasteiger partial charge in [0, 0.05) is 42.1 Å². The molecule has 0 amide bonds. The van der Waals surface area contributed by atoms with Gasteiger partial charge in [0.2, 0.25) is 0 Å². The van der Waals surface area contributed by atoms with Crippen molar-refractivity contribution in [2.24, 2.45) is 0 Å². The van der Waals surface area contributed by atoms with E-state index in [9.17, 15) is 0 Å². The molecular formula is C17H27N5. The Hall–Kier alpha value is -1.62. The Kier molecular flexibility index (Phi) is 4.08. The van der Waals surface area contributed by atoms with E-state index in [1.54, 1.807) is 0 Å². The Labute approximate surface area is 132 Å². The molecule has 2 aromatic heterocycles. The number of hydrogen-bond acceptors (Lipinski definition) is 3. The highest BCUT2D eigenvalue weighted by Gasteiger charge is 2.27.